The fourth-order valence-corrected chi connectivity index (χ4v) is 19.6. The second-order valence-corrected chi connectivity index (χ2v) is 33.7. The molecule has 0 spiro atoms. The van der Waals surface area contributed by atoms with Crippen molar-refractivity contribution in [2.75, 3.05) is 31.9 Å². The largest absolute Gasteiger partial charge is 0.398 e. The Morgan fingerprint density at radius 2 is 0.657 bits per heavy atom. The molecule has 7 aromatic carbocycles. The van der Waals surface area contributed by atoms with Crippen LogP contribution in [0.15, 0.2) is 92.2 Å². The highest BCUT2D eigenvalue weighted by Gasteiger charge is 2.32. The summed E-state index contributed by atoms with van der Waals surface area (Å²) >= 11 is 0. The standard InChI is InChI=1S/C84H114N8O8S2/c1-5-9-13-17-21-25-29-33-37-41-53-88(54-42-38-34-30-26-22-18-14-10-6-2)101(97,98)61-45-51-72-70(57-61)86-81-67-59-69(85)77-63-47-49-66-76-68(60-74(92(95)96)78(80(63)76)64-48-50-65(75(67)79(64)77)83(93)90(72)81)82-87-71-58-62(46-52-73(71)91(82)84(66)94)102(99,100)89(55-43-39-35-31-27-23-19-15-11-7-3)56-44-40-36-32-28-24-20-16-12-8-4/h45-52,57-60H,5-44,53-56,85H2,1-4H3. The van der Waals surface area contributed by atoms with Gasteiger partial charge in [0.05, 0.1) is 42.2 Å². The lowest BCUT2D eigenvalue weighted by molar-refractivity contribution is -0.382. The number of aromatic nitrogens is 4. The molecule has 0 saturated carbocycles. The molecular formula is C84H114N8O8S2. The van der Waals surface area contributed by atoms with E-state index < -0.39 is 30.5 Å². The third-order valence-corrected chi connectivity index (χ3v) is 26.0. The van der Waals surface area contributed by atoms with Crippen LogP contribution in [0.4, 0.5) is 11.4 Å². The summed E-state index contributed by atoms with van der Waals surface area (Å²) in [6, 6.07) is 19.8. The lowest BCUT2D eigenvalue weighted by atomic mass is 9.84. The zero-order valence-electron chi connectivity index (χ0n) is 61.8. The summed E-state index contributed by atoms with van der Waals surface area (Å²) in [6.45, 7) is 10.6. The van der Waals surface area contributed by atoms with Crippen molar-refractivity contribution >= 4 is 129 Å². The molecule has 0 fully saturated rings. The Morgan fingerprint density at radius 3 is 0.990 bits per heavy atom. The molecule has 0 amide bonds. The number of non-ortho nitro benzene ring substituents is 1. The molecule has 550 valence electrons. The maximum atomic E-state index is 15.2. The molecule has 2 N–H and O–H groups in total. The second kappa shape index (κ2) is 36.2. The van der Waals surface area contributed by atoms with Crippen LogP contribution in [0.2, 0.25) is 0 Å². The summed E-state index contributed by atoms with van der Waals surface area (Å²) in [6.07, 6.45) is 45.8. The maximum absolute atomic E-state index is 15.2. The number of anilines is 1. The Balaban J connectivity index is 0.918. The summed E-state index contributed by atoms with van der Waals surface area (Å²) in [7, 11) is -7.98. The van der Waals surface area contributed by atoms with Crippen LogP contribution < -0.4 is 16.9 Å². The van der Waals surface area contributed by atoms with E-state index in [4.69, 9.17) is 15.7 Å². The average Bonchev–Trinajstić information content (AvgIpc) is 1.05. The number of unbranched alkanes of at least 4 members (excludes halogenated alkanes) is 36. The number of benzene rings is 7. The molecule has 11 rings (SSSR count). The van der Waals surface area contributed by atoms with Crippen molar-refractivity contribution in [1.82, 2.24) is 27.4 Å². The van der Waals surface area contributed by atoms with Crippen LogP contribution in [-0.4, -0.2) is 75.3 Å². The fourth-order valence-electron chi connectivity index (χ4n) is 16.5. The van der Waals surface area contributed by atoms with E-state index in [0.717, 1.165) is 103 Å². The minimum Gasteiger partial charge on any atom is -0.398 e. The van der Waals surface area contributed by atoms with E-state index in [0.29, 0.717) is 108 Å². The first-order valence-electron chi connectivity index (χ1n) is 40.0. The number of nitrogen functional groups attached to an aromatic ring is 1. The van der Waals surface area contributed by atoms with Crippen LogP contribution in [0, 0.1) is 10.1 Å². The highest BCUT2D eigenvalue weighted by atomic mass is 32.2. The Morgan fingerprint density at radius 1 is 0.363 bits per heavy atom. The molecule has 11 aromatic rings. The van der Waals surface area contributed by atoms with Crippen molar-refractivity contribution in [3.63, 3.8) is 0 Å². The van der Waals surface area contributed by atoms with Crippen molar-refractivity contribution in [1.29, 1.82) is 0 Å². The van der Waals surface area contributed by atoms with E-state index in [2.05, 4.69) is 27.7 Å². The van der Waals surface area contributed by atoms with Crippen LogP contribution in [0.3, 0.4) is 0 Å². The minimum atomic E-state index is -4.01. The number of nitro groups is 1. The van der Waals surface area contributed by atoms with Gasteiger partial charge < -0.3 is 5.73 Å². The fraction of sp³-hybridized carbons (Fsp3) is 0.571. The third kappa shape index (κ3) is 16.8. The number of hydrogen-bond donors (Lipinski definition) is 1. The number of fused-ring (bicyclic) bond motifs is 10. The lowest BCUT2D eigenvalue weighted by Gasteiger charge is -2.22. The van der Waals surface area contributed by atoms with Crippen molar-refractivity contribution in [2.24, 2.45) is 0 Å². The Kier molecular flexibility index (Phi) is 27.1. The number of rotatable bonds is 49. The van der Waals surface area contributed by atoms with Gasteiger partial charge in [-0.25, -0.2) is 26.8 Å². The molecule has 0 aliphatic rings. The van der Waals surface area contributed by atoms with E-state index in [-0.39, 0.29) is 43.2 Å². The van der Waals surface area contributed by atoms with Crippen LogP contribution in [-0.2, 0) is 20.0 Å². The molecular weight excluding hydrogens is 1310 g/mol. The maximum Gasteiger partial charge on any atom is 0.278 e. The summed E-state index contributed by atoms with van der Waals surface area (Å²) in [4.78, 5) is 54.1. The quantitative estimate of drug-likeness (QED) is 0.00946. The molecule has 4 aromatic heterocycles. The number of pyridine rings is 2. The number of nitrogens with zero attached hydrogens (tertiary/aromatic N) is 7. The van der Waals surface area contributed by atoms with E-state index in [1.807, 2.05) is 0 Å². The van der Waals surface area contributed by atoms with Gasteiger partial charge in [0.25, 0.3) is 16.8 Å². The van der Waals surface area contributed by atoms with E-state index >= 15 is 9.59 Å². The van der Waals surface area contributed by atoms with Crippen LogP contribution >= 0.6 is 0 Å². The van der Waals surface area contributed by atoms with Gasteiger partial charge >= 0.3 is 0 Å². The van der Waals surface area contributed by atoms with Gasteiger partial charge in [0, 0.05) is 86.4 Å². The lowest BCUT2D eigenvalue weighted by Crippen LogP contribution is -2.33. The van der Waals surface area contributed by atoms with Gasteiger partial charge in [-0.2, -0.15) is 8.61 Å². The molecule has 4 heterocycles. The SMILES string of the molecule is CCCCCCCCCCCCN(CCCCCCCCCCCC)S(=O)(=O)c1ccc2c(c1)nc1c3cc(N)c4c5ccc6c(=O)n7c8ccc(S(=O)(=O)N(CCCCCCCCCCCC)CCCCCCCCCCCC)cc8nc7c7cc([N+](=O)[O-])c(c8ccc(c(=O)n21)c3c84)c5c67. The summed E-state index contributed by atoms with van der Waals surface area (Å²) in [5.41, 5.74) is 8.44. The second-order valence-electron chi connectivity index (χ2n) is 29.8. The van der Waals surface area contributed by atoms with Gasteiger partial charge in [0.2, 0.25) is 20.0 Å². The molecule has 0 atom stereocenters. The predicted molar refractivity (Wildman–Crippen MR) is 426 cm³/mol. The molecule has 0 unspecified atom stereocenters. The predicted octanol–water partition coefficient (Wildman–Crippen LogP) is 22.4. The van der Waals surface area contributed by atoms with Gasteiger partial charge in [-0.1, -0.05) is 271 Å². The zero-order chi connectivity index (χ0) is 71.8. The van der Waals surface area contributed by atoms with Crippen molar-refractivity contribution < 1.29 is 21.8 Å². The Hall–Kier alpha value is -6.86. The third-order valence-electron chi connectivity index (χ3n) is 22.2. The molecule has 0 radical (unpaired) electrons. The molecule has 0 saturated heterocycles. The van der Waals surface area contributed by atoms with Crippen LogP contribution in [0.5, 0.6) is 0 Å². The monoisotopic (exact) mass is 1430 g/mol. The zero-order valence-corrected chi connectivity index (χ0v) is 63.5. The summed E-state index contributed by atoms with van der Waals surface area (Å²) in [5, 5.41) is 19.0. The Bertz CT molecular complexity index is 4930. The van der Waals surface area contributed by atoms with Gasteiger partial charge in [-0.15, -0.1) is 0 Å². The molecule has 16 nitrogen and oxygen atoms in total. The molecule has 0 bridgehead atoms. The van der Waals surface area contributed by atoms with Gasteiger partial charge in [-0.3, -0.25) is 28.5 Å². The van der Waals surface area contributed by atoms with Crippen molar-refractivity contribution in [3.8, 4) is 0 Å². The number of sulfonamides is 2. The molecule has 18 heteroatoms. The number of imidazole rings is 2. The number of hydrogen-bond acceptors (Lipinski definition) is 11. The topological polar surface area (TPSA) is 213 Å². The minimum absolute atomic E-state index is 0.0861. The van der Waals surface area contributed by atoms with Crippen LogP contribution in [0.1, 0.15) is 285 Å². The van der Waals surface area contributed by atoms with E-state index in [9.17, 15) is 26.9 Å². The van der Waals surface area contributed by atoms with Gasteiger partial charge in [0.15, 0.2) is 0 Å². The Labute approximate surface area is 604 Å². The highest BCUT2D eigenvalue weighted by molar-refractivity contribution is 7.89. The first-order valence-corrected chi connectivity index (χ1v) is 42.9. The summed E-state index contributed by atoms with van der Waals surface area (Å²) < 4.78 is 66.0. The van der Waals surface area contributed by atoms with E-state index in [1.54, 1.807) is 75.3 Å². The number of nitro benzene ring substituents is 1. The van der Waals surface area contributed by atoms with Gasteiger partial charge in [-0.05, 0) is 91.1 Å². The normalized spacial score (nSPS) is 12.8. The summed E-state index contributed by atoms with van der Waals surface area (Å²) in [5.74, 6) is 0. The first kappa shape index (κ1) is 76.3. The molecule has 102 heavy (non-hydrogen) atoms. The van der Waals surface area contributed by atoms with Crippen molar-refractivity contribution in [3.05, 3.63) is 104 Å². The highest BCUT2D eigenvalue weighted by Crippen LogP contribution is 2.51. The smallest absolute Gasteiger partial charge is 0.278 e. The average molecular weight is 1430 g/mol. The number of nitrogens with two attached hydrogens (primary N) is 1. The van der Waals surface area contributed by atoms with Crippen molar-refractivity contribution in [2.45, 2.75) is 294 Å². The van der Waals surface area contributed by atoms with Crippen LogP contribution in [0.25, 0.3) is 98.0 Å². The molecule has 0 aliphatic heterocycles. The molecule has 0 aliphatic carbocycles. The van der Waals surface area contributed by atoms with Gasteiger partial charge in [0.1, 0.15) is 11.3 Å². The first-order chi connectivity index (χ1) is 49.7. The van der Waals surface area contributed by atoms with E-state index in [1.165, 1.54) is 169 Å².